The Labute approximate surface area is 765 Å². The van der Waals surface area contributed by atoms with Gasteiger partial charge in [-0.15, -0.1) is 0 Å². The Morgan fingerprint density at radius 2 is 0.298 bits per heavy atom. The second-order valence-electron chi connectivity index (χ2n) is 33.5. The summed E-state index contributed by atoms with van der Waals surface area (Å²) in [6.07, 6.45) is 0. The molecule has 23 aromatic carbocycles. The molecule has 131 heavy (non-hydrogen) atoms. The monoisotopic (exact) mass is 1680 g/mol. The molecule has 6 heteroatoms. The van der Waals surface area contributed by atoms with Gasteiger partial charge >= 0.3 is 0 Å². The Hall–Kier alpha value is -17.1. The van der Waals surface area contributed by atoms with Crippen LogP contribution in [-0.2, 0) is 0 Å². The molecule has 0 aliphatic heterocycles. The van der Waals surface area contributed by atoms with Crippen LogP contribution in [0.5, 0.6) is 0 Å². The first kappa shape index (κ1) is 81.0. The minimum absolute atomic E-state index is 1.12. The number of hydrogen-bond donors (Lipinski definition) is 0. The smallest absolute Gasteiger partial charge is 0.0487 e. The SMILES string of the molecule is CN(c1ccc(-c2ccc(N(c3ccc4ccccc4c3)c3ccc4ccccc4c3)cc2)cc1)c1ccc2ccccc2c1.CN(c1ccc(-c2ccc(N(c3ccc4ccccc4c3)c3ccc4ccccc4c3)cc2)cc1)c1cccc2ccccc12.CN(c1ccccc1)c1ccc(-c2ccc(N(c3ccc4ccccc4c3)c3ccc4ccccc4c3)cc2)cc1. The van der Waals surface area contributed by atoms with E-state index < -0.39 is 0 Å². The zero-order chi connectivity index (χ0) is 87.9. The molecule has 0 radical (unpaired) electrons. The molecular formula is C125H94N6. The molecule has 23 rings (SSSR count). The number of benzene rings is 23. The summed E-state index contributed by atoms with van der Waals surface area (Å²) in [6.45, 7) is 0. The van der Waals surface area contributed by atoms with Crippen molar-refractivity contribution in [2.75, 3.05) is 50.5 Å². The summed E-state index contributed by atoms with van der Waals surface area (Å²) in [7, 11) is 6.37. The normalized spacial score (nSPS) is 11.2. The standard InChI is InChI=1S/2C43H32N2.C39H30N2/c1-44(41-25-18-31-8-2-5-11-36(31)28-41)39-21-14-34(15-22-39)35-16-23-40(24-17-35)45(42-26-19-32-9-3-6-12-37(32)29-42)43-27-20-33-10-4-7-13-38(33)30-43;1-44(43-16-8-14-35-11-6-7-15-42(35)43)38-23-17-33(18-24-38)34-19-25-39(26-20-34)45(40-27-21-31-9-2-4-12-36(31)29-40)41-28-22-32-10-3-5-13-37(32)30-41;1-40(35-13-3-2-4-14-35)36-21-15-31(16-22-36)32-17-23-37(24-18-32)41(38-25-19-29-9-5-7-11-33(29)27-38)39-26-20-30-10-6-8-12-34(30)28-39/h2*2-30H,1H3;2-28H,1H3. The summed E-state index contributed by atoms with van der Waals surface area (Å²) in [6, 6.07) is 185. The fraction of sp³-hybridized carbons (Fsp3) is 0.0240. The Kier molecular flexibility index (Phi) is 22.6. The number of para-hydroxylation sites is 1. The van der Waals surface area contributed by atoms with Crippen LogP contribution in [0.4, 0.5) is 85.3 Å². The molecule has 0 fully saturated rings. The van der Waals surface area contributed by atoms with E-state index in [0.29, 0.717) is 0 Å². The van der Waals surface area contributed by atoms with Gasteiger partial charge < -0.3 is 29.4 Å². The number of hydrogen-bond acceptors (Lipinski definition) is 6. The van der Waals surface area contributed by atoms with Crippen molar-refractivity contribution < 1.29 is 0 Å². The average molecular weight is 1680 g/mol. The lowest BCUT2D eigenvalue weighted by Crippen LogP contribution is -2.10. The first-order valence-corrected chi connectivity index (χ1v) is 44.8. The van der Waals surface area contributed by atoms with Gasteiger partial charge in [-0.05, 0) is 290 Å². The third-order valence-corrected chi connectivity index (χ3v) is 25.5. The van der Waals surface area contributed by atoms with Crippen LogP contribution in [0.15, 0.2) is 516 Å². The molecule has 0 aliphatic carbocycles. The van der Waals surface area contributed by atoms with Crippen molar-refractivity contribution in [3.63, 3.8) is 0 Å². The van der Waals surface area contributed by atoms with Crippen LogP contribution in [0, 0.1) is 0 Å². The molecule has 0 saturated heterocycles. The van der Waals surface area contributed by atoms with Crippen molar-refractivity contribution in [2.45, 2.75) is 0 Å². The van der Waals surface area contributed by atoms with E-state index in [0.717, 1.165) is 68.2 Å². The van der Waals surface area contributed by atoms with Crippen molar-refractivity contribution in [1.82, 2.24) is 0 Å². The predicted octanol–water partition coefficient (Wildman–Crippen LogP) is 35.0. The predicted molar refractivity (Wildman–Crippen MR) is 563 cm³/mol. The number of rotatable bonds is 18. The van der Waals surface area contributed by atoms with Gasteiger partial charge in [0.2, 0.25) is 0 Å². The largest absolute Gasteiger partial charge is 0.345 e. The first-order chi connectivity index (χ1) is 64.6. The summed E-state index contributed by atoms with van der Waals surface area (Å²) >= 11 is 0. The molecule has 0 unspecified atom stereocenters. The van der Waals surface area contributed by atoms with Gasteiger partial charge in [-0.1, -0.05) is 340 Å². The van der Waals surface area contributed by atoms with Gasteiger partial charge in [0.05, 0.1) is 0 Å². The lowest BCUT2D eigenvalue weighted by molar-refractivity contribution is 1.21. The Morgan fingerprint density at radius 1 is 0.115 bits per heavy atom. The lowest BCUT2D eigenvalue weighted by Gasteiger charge is -2.26. The van der Waals surface area contributed by atoms with Crippen molar-refractivity contribution in [3.05, 3.63) is 516 Å². The van der Waals surface area contributed by atoms with Gasteiger partial charge in [0, 0.05) is 112 Å². The van der Waals surface area contributed by atoms with E-state index >= 15 is 0 Å². The van der Waals surface area contributed by atoms with E-state index in [-0.39, 0.29) is 0 Å². The highest BCUT2D eigenvalue weighted by atomic mass is 15.2. The minimum atomic E-state index is 1.12. The van der Waals surface area contributed by atoms with Gasteiger partial charge in [0.1, 0.15) is 0 Å². The molecule has 0 saturated carbocycles. The molecule has 6 nitrogen and oxygen atoms in total. The molecule has 0 aliphatic rings. The zero-order valence-electron chi connectivity index (χ0n) is 73.3. The van der Waals surface area contributed by atoms with E-state index in [9.17, 15) is 0 Å². The molecule has 0 atom stereocenters. The molecule has 0 spiro atoms. The molecule has 0 aromatic heterocycles. The van der Waals surface area contributed by atoms with E-state index in [4.69, 9.17) is 0 Å². The molecule has 0 N–H and O–H groups in total. The number of nitrogens with zero attached hydrogens (tertiary/aromatic N) is 6. The molecule has 624 valence electrons. The Bertz CT molecular complexity index is 7770. The third-order valence-electron chi connectivity index (χ3n) is 25.5. The maximum atomic E-state index is 2.35. The first-order valence-electron chi connectivity index (χ1n) is 44.8. The topological polar surface area (TPSA) is 19.4 Å². The van der Waals surface area contributed by atoms with Gasteiger partial charge in [-0.2, -0.15) is 0 Å². The van der Waals surface area contributed by atoms with Gasteiger partial charge in [0.25, 0.3) is 0 Å². The van der Waals surface area contributed by atoms with Crippen LogP contribution < -0.4 is 29.4 Å². The highest BCUT2D eigenvalue weighted by molar-refractivity contribution is 6.00. The number of anilines is 15. The highest BCUT2D eigenvalue weighted by Crippen LogP contribution is 2.45. The van der Waals surface area contributed by atoms with Crippen molar-refractivity contribution in [3.8, 4) is 33.4 Å². The number of fused-ring (bicyclic) bond motifs is 8. The average Bonchev–Trinajstić information content (AvgIpc) is 0.765. The molecule has 0 amide bonds. The zero-order valence-corrected chi connectivity index (χ0v) is 73.3. The van der Waals surface area contributed by atoms with Crippen LogP contribution in [0.3, 0.4) is 0 Å². The maximum Gasteiger partial charge on any atom is 0.0487 e. The quantitative estimate of drug-likeness (QED) is 0.0847. The summed E-state index contributed by atoms with van der Waals surface area (Å²) in [5.41, 5.74) is 24.4. The molecule has 0 bridgehead atoms. The van der Waals surface area contributed by atoms with Gasteiger partial charge in [0.15, 0.2) is 0 Å². The summed E-state index contributed by atoms with van der Waals surface area (Å²) in [5, 5.41) is 19.8. The van der Waals surface area contributed by atoms with E-state index in [2.05, 4.69) is 560 Å². The van der Waals surface area contributed by atoms with Crippen LogP contribution >= 0.6 is 0 Å². The van der Waals surface area contributed by atoms with Crippen LogP contribution in [0.25, 0.3) is 120 Å². The van der Waals surface area contributed by atoms with Gasteiger partial charge in [-0.25, -0.2) is 0 Å². The van der Waals surface area contributed by atoms with Gasteiger partial charge in [-0.3, -0.25) is 0 Å². The second-order valence-corrected chi connectivity index (χ2v) is 33.5. The van der Waals surface area contributed by atoms with Crippen molar-refractivity contribution in [2.24, 2.45) is 0 Å². The summed E-state index contributed by atoms with van der Waals surface area (Å²) < 4.78 is 0. The van der Waals surface area contributed by atoms with E-state index in [1.807, 2.05) is 6.07 Å². The Balaban J connectivity index is 0.000000119. The minimum Gasteiger partial charge on any atom is -0.345 e. The lowest BCUT2D eigenvalue weighted by atomic mass is 10.0. The van der Waals surface area contributed by atoms with Crippen LogP contribution in [0.1, 0.15) is 0 Å². The maximum absolute atomic E-state index is 2.35. The summed E-state index contributed by atoms with van der Waals surface area (Å²) in [5.74, 6) is 0. The second kappa shape index (κ2) is 36.5. The van der Waals surface area contributed by atoms with E-state index in [1.54, 1.807) is 0 Å². The Morgan fingerprint density at radius 3 is 0.573 bits per heavy atom. The molecule has 23 aromatic rings. The molecular weight excluding hydrogens is 1590 g/mol. The van der Waals surface area contributed by atoms with Crippen LogP contribution in [0.2, 0.25) is 0 Å². The van der Waals surface area contributed by atoms with Crippen LogP contribution in [-0.4, -0.2) is 21.1 Å². The van der Waals surface area contributed by atoms with E-state index in [1.165, 1.54) is 137 Å². The fourth-order valence-electron chi connectivity index (χ4n) is 18.3. The summed E-state index contributed by atoms with van der Waals surface area (Å²) in [4.78, 5) is 13.8. The van der Waals surface area contributed by atoms with Crippen molar-refractivity contribution in [1.29, 1.82) is 0 Å². The molecule has 0 heterocycles. The van der Waals surface area contributed by atoms with Crippen molar-refractivity contribution >= 4 is 171 Å². The third kappa shape index (κ3) is 17.2. The highest BCUT2D eigenvalue weighted by Gasteiger charge is 2.21. The fourth-order valence-corrected chi connectivity index (χ4v) is 18.3.